The van der Waals surface area contributed by atoms with E-state index in [1.54, 1.807) is 0 Å². The van der Waals surface area contributed by atoms with Crippen molar-refractivity contribution >= 4 is 17.7 Å². The van der Waals surface area contributed by atoms with Crippen LogP contribution in [0.5, 0.6) is 0 Å². The number of nitrogens with zero attached hydrogens (tertiary/aromatic N) is 1. The standard InChI is InChI=1S/C12H16ClNO/c1-8-5-9(2)12(10(3)6-8)7-14(13)11(4)15/h5-6H,7H2,1-4H3. The van der Waals surface area contributed by atoms with Gasteiger partial charge < -0.3 is 0 Å². The van der Waals surface area contributed by atoms with Gasteiger partial charge in [0.15, 0.2) is 0 Å². The molecule has 0 saturated heterocycles. The molecule has 3 heteroatoms. The van der Waals surface area contributed by atoms with Gasteiger partial charge in [0.05, 0.1) is 6.54 Å². The van der Waals surface area contributed by atoms with E-state index < -0.39 is 0 Å². The molecular formula is C12H16ClNO. The summed E-state index contributed by atoms with van der Waals surface area (Å²) in [5, 5.41) is 0. The van der Waals surface area contributed by atoms with Crippen LogP contribution in [0.15, 0.2) is 12.1 Å². The number of rotatable bonds is 2. The van der Waals surface area contributed by atoms with E-state index in [-0.39, 0.29) is 5.91 Å². The predicted octanol–water partition coefficient (Wildman–Crippen LogP) is 3.11. The number of hydrogen-bond donors (Lipinski definition) is 0. The van der Waals surface area contributed by atoms with Gasteiger partial charge in [-0.2, -0.15) is 0 Å². The molecule has 82 valence electrons. The fourth-order valence-corrected chi connectivity index (χ4v) is 1.83. The number of halogens is 1. The molecule has 0 heterocycles. The van der Waals surface area contributed by atoms with Crippen LogP contribution in [0.4, 0.5) is 0 Å². The summed E-state index contributed by atoms with van der Waals surface area (Å²) >= 11 is 5.82. The van der Waals surface area contributed by atoms with Crippen LogP contribution in [-0.2, 0) is 11.3 Å². The summed E-state index contributed by atoms with van der Waals surface area (Å²) in [5.74, 6) is -0.129. The molecule has 0 atom stereocenters. The SMILES string of the molecule is CC(=O)N(Cl)Cc1c(C)cc(C)cc1C. The van der Waals surface area contributed by atoms with Gasteiger partial charge in [0.2, 0.25) is 5.91 Å². The zero-order valence-electron chi connectivity index (χ0n) is 9.60. The molecule has 1 aromatic carbocycles. The Kier molecular flexibility index (Phi) is 3.75. The van der Waals surface area contributed by atoms with Gasteiger partial charge in [-0.3, -0.25) is 9.21 Å². The van der Waals surface area contributed by atoms with Crippen LogP contribution in [0.2, 0.25) is 0 Å². The maximum absolute atomic E-state index is 11.0. The van der Waals surface area contributed by atoms with Gasteiger partial charge >= 0.3 is 0 Å². The Labute approximate surface area is 96.0 Å². The third kappa shape index (κ3) is 2.96. The zero-order chi connectivity index (χ0) is 11.6. The number of hydrogen-bond acceptors (Lipinski definition) is 1. The van der Waals surface area contributed by atoms with Crippen LogP contribution in [0, 0.1) is 20.8 Å². The summed E-state index contributed by atoms with van der Waals surface area (Å²) in [5.41, 5.74) is 4.72. The van der Waals surface area contributed by atoms with Crippen LogP contribution in [0.1, 0.15) is 29.2 Å². The monoisotopic (exact) mass is 225 g/mol. The smallest absolute Gasteiger partial charge is 0.234 e. The molecule has 0 aromatic heterocycles. The first-order valence-corrected chi connectivity index (χ1v) is 5.26. The van der Waals surface area contributed by atoms with E-state index in [2.05, 4.69) is 19.1 Å². The van der Waals surface area contributed by atoms with Crippen molar-refractivity contribution in [1.29, 1.82) is 0 Å². The lowest BCUT2D eigenvalue weighted by atomic mass is 10.00. The van der Waals surface area contributed by atoms with Crippen molar-refractivity contribution < 1.29 is 4.79 Å². The summed E-state index contributed by atoms with van der Waals surface area (Å²) < 4.78 is 1.21. The lowest BCUT2D eigenvalue weighted by molar-refractivity contribution is -0.124. The van der Waals surface area contributed by atoms with E-state index >= 15 is 0 Å². The molecule has 1 aromatic rings. The third-order valence-electron chi connectivity index (χ3n) is 2.48. The minimum atomic E-state index is -0.129. The van der Waals surface area contributed by atoms with Crippen LogP contribution in [0.3, 0.4) is 0 Å². The molecule has 0 aliphatic heterocycles. The van der Waals surface area contributed by atoms with Gasteiger partial charge in [0, 0.05) is 18.7 Å². The number of amides is 1. The molecule has 0 aliphatic rings. The van der Waals surface area contributed by atoms with E-state index in [0.29, 0.717) is 6.54 Å². The van der Waals surface area contributed by atoms with Crippen LogP contribution in [-0.4, -0.2) is 10.3 Å². The van der Waals surface area contributed by atoms with E-state index in [0.717, 1.165) is 5.56 Å². The quantitative estimate of drug-likeness (QED) is 0.709. The second-order valence-corrected chi connectivity index (χ2v) is 4.32. The summed E-state index contributed by atoms with van der Waals surface area (Å²) in [7, 11) is 0. The lowest BCUT2D eigenvalue weighted by Crippen LogP contribution is -2.18. The van der Waals surface area contributed by atoms with Gasteiger partial charge in [0.1, 0.15) is 0 Å². The number of carbonyl (C=O) groups excluding carboxylic acids is 1. The molecular weight excluding hydrogens is 210 g/mol. The Morgan fingerprint density at radius 2 is 1.73 bits per heavy atom. The number of benzene rings is 1. The van der Waals surface area contributed by atoms with Crippen LogP contribution in [0.25, 0.3) is 0 Å². The average Bonchev–Trinajstić information content (AvgIpc) is 2.10. The van der Waals surface area contributed by atoms with Gasteiger partial charge in [-0.15, -0.1) is 0 Å². The van der Waals surface area contributed by atoms with E-state index in [9.17, 15) is 4.79 Å². The second-order valence-electron chi connectivity index (χ2n) is 3.92. The predicted molar refractivity (Wildman–Crippen MR) is 62.7 cm³/mol. The Bertz CT molecular complexity index is 364. The van der Waals surface area contributed by atoms with Crippen molar-refractivity contribution in [3.63, 3.8) is 0 Å². The van der Waals surface area contributed by atoms with E-state index in [1.165, 1.54) is 28.0 Å². The molecule has 0 saturated carbocycles. The highest BCUT2D eigenvalue weighted by atomic mass is 35.5. The van der Waals surface area contributed by atoms with Crippen molar-refractivity contribution in [2.45, 2.75) is 34.2 Å². The van der Waals surface area contributed by atoms with Gasteiger partial charge in [0.25, 0.3) is 0 Å². The Hall–Kier alpha value is -1.02. The fraction of sp³-hybridized carbons (Fsp3) is 0.417. The largest absolute Gasteiger partial charge is 0.274 e. The Morgan fingerprint density at radius 3 is 2.13 bits per heavy atom. The summed E-state index contributed by atoms with van der Waals surface area (Å²) in [4.78, 5) is 11.0. The van der Waals surface area contributed by atoms with Crippen molar-refractivity contribution in [3.05, 3.63) is 34.4 Å². The average molecular weight is 226 g/mol. The summed E-state index contributed by atoms with van der Waals surface area (Å²) in [6.07, 6.45) is 0. The Morgan fingerprint density at radius 1 is 1.27 bits per heavy atom. The van der Waals surface area contributed by atoms with E-state index in [4.69, 9.17) is 11.8 Å². The number of carbonyl (C=O) groups is 1. The van der Waals surface area contributed by atoms with Crippen molar-refractivity contribution in [3.8, 4) is 0 Å². The molecule has 0 radical (unpaired) electrons. The maximum atomic E-state index is 11.0. The van der Waals surface area contributed by atoms with Gasteiger partial charge in [-0.1, -0.05) is 17.7 Å². The minimum absolute atomic E-state index is 0.129. The van der Waals surface area contributed by atoms with Gasteiger partial charge in [-0.05, 0) is 37.5 Å². The lowest BCUT2D eigenvalue weighted by Gasteiger charge is -2.16. The molecule has 0 aliphatic carbocycles. The van der Waals surface area contributed by atoms with Crippen molar-refractivity contribution in [2.24, 2.45) is 0 Å². The van der Waals surface area contributed by atoms with Crippen molar-refractivity contribution in [1.82, 2.24) is 4.42 Å². The zero-order valence-corrected chi connectivity index (χ0v) is 10.4. The summed E-state index contributed by atoms with van der Waals surface area (Å²) in [6.45, 7) is 8.08. The normalized spacial score (nSPS) is 10.2. The number of aryl methyl sites for hydroxylation is 3. The molecule has 0 fully saturated rings. The van der Waals surface area contributed by atoms with Gasteiger partial charge in [-0.25, -0.2) is 0 Å². The fourth-order valence-electron chi connectivity index (χ4n) is 1.71. The first kappa shape index (κ1) is 12.1. The Balaban J connectivity index is 3.00. The molecule has 15 heavy (non-hydrogen) atoms. The van der Waals surface area contributed by atoms with E-state index in [1.807, 2.05) is 13.8 Å². The molecule has 0 bridgehead atoms. The second kappa shape index (κ2) is 4.67. The molecule has 0 unspecified atom stereocenters. The first-order valence-electron chi connectivity index (χ1n) is 4.92. The highest BCUT2D eigenvalue weighted by Gasteiger charge is 2.10. The third-order valence-corrected chi connectivity index (χ3v) is 2.84. The van der Waals surface area contributed by atoms with Crippen LogP contribution >= 0.6 is 11.8 Å². The molecule has 2 nitrogen and oxygen atoms in total. The highest BCUT2D eigenvalue weighted by Crippen LogP contribution is 2.19. The molecule has 0 spiro atoms. The maximum Gasteiger partial charge on any atom is 0.234 e. The van der Waals surface area contributed by atoms with Crippen molar-refractivity contribution in [2.75, 3.05) is 0 Å². The highest BCUT2D eigenvalue weighted by molar-refractivity contribution is 6.20. The minimum Gasteiger partial charge on any atom is -0.274 e. The molecule has 1 amide bonds. The molecule has 0 N–H and O–H groups in total. The topological polar surface area (TPSA) is 20.3 Å². The summed E-state index contributed by atoms with van der Waals surface area (Å²) in [6, 6.07) is 4.21. The first-order chi connectivity index (χ1) is 6.91. The molecule has 1 rings (SSSR count). The van der Waals surface area contributed by atoms with Crippen LogP contribution < -0.4 is 0 Å².